The van der Waals surface area contributed by atoms with Crippen molar-refractivity contribution in [2.24, 2.45) is 5.92 Å². The molecule has 0 N–H and O–H groups in total. The van der Waals surface area contributed by atoms with Crippen LogP contribution < -0.4 is 4.74 Å². The molecule has 120 valence electrons. The lowest BCUT2D eigenvalue weighted by atomic mass is 9.75. The van der Waals surface area contributed by atoms with Crippen molar-refractivity contribution in [3.05, 3.63) is 54.1 Å². The molecule has 2 aromatic rings. The third-order valence-corrected chi connectivity index (χ3v) is 5.32. The van der Waals surface area contributed by atoms with Gasteiger partial charge in [0.15, 0.2) is 0 Å². The van der Waals surface area contributed by atoms with Crippen LogP contribution in [0.5, 0.6) is 5.75 Å². The Labute approximate surface area is 138 Å². The standard InChI is InChI=1S/C21H24O2/c1-14-9-11-18-20(22-14)17-13-16(15-7-5-4-6-8-15)10-12-19(17)23-21(18,2)3/h4-8,10,12-14,18,20H,9,11H2,1-3H3/t14-,18-,20+/m0/s1. The largest absolute Gasteiger partial charge is 0.487 e. The summed E-state index contributed by atoms with van der Waals surface area (Å²) in [5.41, 5.74) is 3.50. The van der Waals surface area contributed by atoms with Crippen molar-refractivity contribution in [3.63, 3.8) is 0 Å². The Hall–Kier alpha value is -1.80. The van der Waals surface area contributed by atoms with E-state index in [0.717, 1.165) is 18.6 Å². The lowest BCUT2D eigenvalue weighted by Gasteiger charge is -2.48. The highest BCUT2D eigenvalue weighted by Crippen LogP contribution is 2.51. The second kappa shape index (κ2) is 5.38. The number of rotatable bonds is 1. The van der Waals surface area contributed by atoms with Gasteiger partial charge in [0.2, 0.25) is 0 Å². The van der Waals surface area contributed by atoms with E-state index in [4.69, 9.17) is 9.47 Å². The van der Waals surface area contributed by atoms with E-state index in [1.165, 1.54) is 16.7 Å². The van der Waals surface area contributed by atoms with Crippen LogP contribution in [-0.4, -0.2) is 11.7 Å². The van der Waals surface area contributed by atoms with Gasteiger partial charge in [-0.3, -0.25) is 0 Å². The summed E-state index contributed by atoms with van der Waals surface area (Å²) in [6, 6.07) is 17.0. The molecular formula is C21H24O2. The second-order valence-electron chi connectivity index (χ2n) is 7.38. The van der Waals surface area contributed by atoms with Crippen molar-refractivity contribution in [1.29, 1.82) is 0 Å². The number of hydrogen-bond donors (Lipinski definition) is 0. The quantitative estimate of drug-likeness (QED) is 0.704. The van der Waals surface area contributed by atoms with E-state index in [1.54, 1.807) is 0 Å². The Balaban J connectivity index is 1.79. The van der Waals surface area contributed by atoms with E-state index < -0.39 is 0 Å². The van der Waals surface area contributed by atoms with Crippen molar-refractivity contribution >= 4 is 0 Å². The van der Waals surface area contributed by atoms with Gasteiger partial charge in [-0.2, -0.15) is 0 Å². The summed E-state index contributed by atoms with van der Waals surface area (Å²) < 4.78 is 12.7. The van der Waals surface area contributed by atoms with E-state index in [2.05, 4.69) is 69.3 Å². The summed E-state index contributed by atoms with van der Waals surface area (Å²) in [4.78, 5) is 0. The smallest absolute Gasteiger partial charge is 0.125 e. The Morgan fingerprint density at radius 1 is 0.957 bits per heavy atom. The number of hydrogen-bond acceptors (Lipinski definition) is 2. The Kier molecular flexibility index (Phi) is 3.46. The molecule has 2 heteroatoms. The molecule has 2 aliphatic heterocycles. The fourth-order valence-corrected chi connectivity index (χ4v) is 4.01. The zero-order valence-corrected chi connectivity index (χ0v) is 14.1. The van der Waals surface area contributed by atoms with Gasteiger partial charge in [-0.05, 0) is 56.9 Å². The molecule has 0 aliphatic carbocycles. The van der Waals surface area contributed by atoms with Crippen LogP contribution in [0.2, 0.25) is 0 Å². The molecule has 2 aromatic carbocycles. The number of fused-ring (bicyclic) bond motifs is 3. The zero-order valence-electron chi connectivity index (χ0n) is 14.1. The zero-order chi connectivity index (χ0) is 16.0. The second-order valence-corrected chi connectivity index (χ2v) is 7.38. The van der Waals surface area contributed by atoms with Gasteiger partial charge in [-0.1, -0.05) is 36.4 Å². The molecule has 0 spiro atoms. The maximum Gasteiger partial charge on any atom is 0.125 e. The summed E-state index contributed by atoms with van der Waals surface area (Å²) in [6.45, 7) is 6.57. The third kappa shape index (κ3) is 2.55. The molecule has 2 heterocycles. The molecule has 4 rings (SSSR count). The molecule has 23 heavy (non-hydrogen) atoms. The van der Waals surface area contributed by atoms with Gasteiger partial charge in [-0.15, -0.1) is 0 Å². The molecule has 0 unspecified atom stereocenters. The summed E-state index contributed by atoms with van der Waals surface area (Å²) in [5, 5.41) is 0. The van der Waals surface area contributed by atoms with Gasteiger partial charge in [0, 0.05) is 11.5 Å². The van der Waals surface area contributed by atoms with Gasteiger partial charge in [-0.25, -0.2) is 0 Å². The molecule has 3 atom stereocenters. The van der Waals surface area contributed by atoms with E-state index in [9.17, 15) is 0 Å². The lowest BCUT2D eigenvalue weighted by molar-refractivity contribution is -0.144. The highest BCUT2D eigenvalue weighted by atomic mass is 16.5. The van der Waals surface area contributed by atoms with Gasteiger partial charge < -0.3 is 9.47 Å². The van der Waals surface area contributed by atoms with Crippen LogP contribution in [0.1, 0.15) is 45.3 Å². The minimum atomic E-state index is -0.175. The predicted octanol–water partition coefficient (Wildman–Crippen LogP) is 5.38. The van der Waals surface area contributed by atoms with Crippen molar-refractivity contribution in [1.82, 2.24) is 0 Å². The molecule has 0 saturated carbocycles. The first-order valence-corrected chi connectivity index (χ1v) is 8.58. The molecular weight excluding hydrogens is 284 g/mol. The van der Waals surface area contributed by atoms with E-state index in [0.29, 0.717) is 12.0 Å². The van der Waals surface area contributed by atoms with Gasteiger partial charge in [0.1, 0.15) is 11.4 Å². The Morgan fingerprint density at radius 3 is 2.52 bits per heavy atom. The van der Waals surface area contributed by atoms with Crippen LogP contribution >= 0.6 is 0 Å². The average Bonchev–Trinajstić information content (AvgIpc) is 2.55. The SMILES string of the molecule is C[C@H]1CC[C@H]2[C@H](O1)c1cc(-c3ccccc3)ccc1OC2(C)C. The average molecular weight is 308 g/mol. The van der Waals surface area contributed by atoms with Crippen molar-refractivity contribution in [2.45, 2.75) is 51.4 Å². The highest BCUT2D eigenvalue weighted by molar-refractivity contribution is 5.66. The van der Waals surface area contributed by atoms with Crippen molar-refractivity contribution < 1.29 is 9.47 Å². The molecule has 0 amide bonds. The molecule has 0 bridgehead atoms. The van der Waals surface area contributed by atoms with E-state index in [1.807, 2.05) is 0 Å². The number of ether oxygens (including phenoxy) is 2. The maximum absolute atomic E-state index is 6.36. The van der Waals surface area contributed by atoms with Crippen LogP contribution in [0.4, 0.5) is 0 Å². The van der Waals surface area contributed by atoms with Gasteiger partial charge >= 0.3 is 0 Å². The highest BCUT2D eigenvalue weighted by Gasteiger charge is 2.46. The summed E-state index contributed by atoms with van der Waals surface area (Å²) in [5.74, 6) is 1.39. The predicted molar refractivity (Wildman–Crippen MR) is 92.6 cm³/mol. The van der Waals surface area contributed by atoms with E-state index >= 15 is 0 Å². The lowest BCUT2D eigenvalue weighted by Crippen LogP contribution is -2.48. The minimum absolute atomic E-state index is 0.140. The Bertz CT molecular complexity index is 705. The monoisotopic (exact) mass is 308 g/mol. The molecule has 0 radical (unpaired) electrons. The van der Waals surface area contributed by atoms with Crippen LogP contribution in [-0.2, 0) is 4.74 Å². The summed E-state index contributed by atoms with van der Waals surface area (Å²) in [7, 11) is 0. The molecule has 1 fully saturated rings. The fourth-order valence-electron chi connectivity index (χ4n) is 4.01. The summed E-state index contributed by atoms with van der Waals surface area (Å²) >= 11 is 0. The first-order chi connectivity index (χ1) is 11.0. The van der Waals surface area contributed by atoms with Gasteiger partial charge in [0.05, 0.1) is 12.2 Å². The van der Waals surface area contributed by atoms with Gasteiger partial charge in [0.25, 0.3) is 0 Å². The molecule has 2 nitrogen and oxygen atoms in total. The Morgan fingerprint density at radius 2 is 1.74 bits per heavy atom. The molecule has 1 saturated heterocycles. The van der Waals surface area contributed by atoms with Crippen LogP contribution in [0.3, 0.4) is 0 Å². The third-order valence-electron chi connectivity index (χ3n) is 5.32. The van der Waals surface area contributed by atoms with Crippen LogP contribution in [0.25, 0.3) is 11.1 Å². The molecule has 0 aromatic heterocycles. The van der Waals surface area contributed by atoms with Crippen LogP contribution in [0, 0.1) is 5.92 Å². The van der Waals surface area contributed by atoms with Crippen molar-refractivity contribution in [2.75, 3.05) is 0 Å². The molecule has 2 aliphatic rings. The first-order valence-electron chi connectivity index (χ1n) is 8.58. The topological polar surface area (TPSA) is 18.5 Å². The van der Waals surface area contributed by atoms with Crippen LogP contribution in [0.15, 0.2) is 48.5 Å². The summed E-state index contributed by atoms with van der Waals surface area (Å²) in [6.07, 6.45) is 2.73. The first kappa shape index (κ1) is 14.8. The van der Waals surface area contributed by atoms with E-state index in [-0.39, 0.29) is 11.7 Å². The number of benzene rings is 2. The van der Waals surface area contributed by atoms with Crippen molar-refractivity contribution in [3.8, 4) is 16.9 Å². The normalized spacial score (nSPS) is 28.4. The fraction of sp³-hybridized carbons (Fsp3) is 0.429. The maximum atomic E-state index is 6.36. The minimum Gasteiger partial charge on any atom is -0.487 e.